The van der Waals surface area contributed by atoms with Crippen molar-refractivity contribution >= 4 is 0 Å². The molecule has 0 fully saturated rings. The van der Waals surface area contributed by atoms with Crippen molar-refractivity contribution in [2.45, 2.75) is 39.5 Å². The quantitative estimate of drug-likeness (QED) is 0.527. The van der Waals surface area contributed by atoms with Crippen LogP contribution >= 0.6 is 0 Å². The van der Waals surface area contributed by atoms with Crippen LogP contribution in [0.5, 0.6) is 0 Å². The van der Waals surface area contributed by atoms with Crippen molar-refractivity contribution in [2.24, 2.45) is 23.7 Å². The van der Waals surface area contributed by atoms with E-state index in [1.807, 2.05) is 0 Å². The summed E-state index contributed by atoms with van der Waals surface area (Å²) >= 11 is 0. The van der Waals surface area contributed by atoms with E-state index in [-0.39, 0.29) is 0 Å². The van der Waals surface area contributed by atoms with E-state index < -0.39 is 0 Å². The molecule has 0 aromatic rings. The highest BCUT2D eigenvalue weighted by Crippen LogP contribution is 2.29. The van der Waals surface area contributed by atoms with Crippen molar-refractivity contribution in [1.82, 2.24) is 0 Å². The molecular weight excluding hydrogens is 168 g/mol. The van der Waals surface area contributed by atoms with Gasteiger partial charge in [0.25, 0.3) is 0 Å². The molecule has 0 saturated heterocycles. The lowest BCUT2D eigenvalue weighted by atomic mass is 9.78. The molecule has 0 aliphatic carbocycles. The minimum Gasteiger partial charge on any atom is -0.296 e. The van der Waals surface area contributed by atoms with Gasteiger partial charge in [-0.2, -0.15) is 0 Å². The average Bonchev–Trinajstić information content (AvgIpc) is 2.11. The van der Waals surface area contributed by atoms with Gasteiger partial charge in [-0.15, -0.1) is 0 Å². The van der Waals surface area contributed by atoms with E-state index in [0.717, 1.165) is 0 Å². The fourth-order valence-corrected chi connectivity index (χ4v) is 2.00. The summed E-state index contributed by atoms with van der Waals surface area (Å²) in [6.45, 7) is 20.6. The van der Waals surface area contributed by atoms with Gasteiger partial charge in [0, 0.05) is 13.8 Å². The molecule has 0 heteroatoms. The molecule has 82 valence electrons. The molecule has 0 aliphatic rings. The molecule has 0 spiro atoms. The fourth-order valence-electron chi connectivity index (χ4n) is 2.00. The van der Waals surface area contributed by atoms with Gasteiger partial charge in [-0.3, -0.25) is 13.8 Å². The lowest BCUT2D eigenvalue weighted by molar-refractivity contribution is 0.278. The first kappa shape index (κ1) is 13.7. The summed E-state index contributed by atoms with van der Waals surface area (Å²) in [5.41, 5.74) is 0. The zero-order valence-corrected chi connectivity index (χ0v) is 9.97. The molecule has 0 amide bonds. The van der Waals surface area contributed by atoms with Crippen LogP contribution in [0.1, 0.15) is 39.5 Å². The number of hydrogen-bond acceptors (Lipinski definition) is 0. The highest BCUT2D eigenvalue weighted by Gasteiger charge is 2.20. The highest BCUT2D eigenvalue weighted by atomic mass is 14.2. The summed E-state index contributed by atoms with van der Waals surface area (Å²) in [6.07, 6.45) is 4.83. The largest absolute Gasteiger partial charge is 0.296 e. The van der Waals surface area contributed by atoms with Crippen molar-refractivity contribution in [3.63, 3.8) is 0 Å². The van der Waals surface area contributed by atoms with E-state index in [2.05, 4.69) is 41.5 Å². The van der Waals surface area contributed by atoms with Crippen LogP contribution in [-0.4, -0.2) is 0 Å². The fraction of sp³-hybridized carbons (Fsp3) is 0.714. The van der Waals surface area contributed by atoms with Gasteiger partial charge in [-0.1, -0.05) is 26.7 Å². The third kappa shape index (κ3) is 4.83. The highest BCUT2D eigenvalue weighted by molar-refractivity contribution is 4.80. The molecule has 0 aromatic carbocycles. The van der Waals surface area contributed by atoms with Gasteiger partial charge >= 0.3 is 0 Å². The molecule has 0 saturated carbocycles. The summed E-state index contributed by atoms with van der Waals surface area (Å²) in [6, 6.07) is 0. The summed E-state index contributed by atoms with van der Waals surface area (Å²) in [7, 11) is 0. The van der Waals surface area contributed by atoms with Gasteiger partial charge in [0.05, 0.1) is 0 Å². The van der Waals surface area contributed by atoms with Crippen LogP contribution in [0.25, 0.3) is 0 Å². The molecule has 14 heavy (non-hydrogen) atoms. The van der Waals surface area contributed by atoms with Gasteiger partial charge in [-0.05, 0) is 36.5 Å². The second-order valence-corrected chi connectivity index (χ2v) is 4.47. The first-order chi connectivity index (χ1) is 6.52. The molecule has 0 radical (unpaired) electrons. The Morgan fingerprint density at radius 1 is 1.00 bits per heavy atom. The minimum absolute atomic E-state index is 0.304. The van der Waals surface area contributed by atoms with E-state index in [1.54, 1.807) is 0 Å². The minimum atomic E-state index is 0.304. The van der Waals surface area contributed by atoms with Crippen molar-refractivity contribution < 1.29 is 0 Å². The summed E-state index contributed by atoms with van der Waals surface area (Å²) in [5, 5.41) is 0. The van der Waals surface area contributed by atoms with Crippen molar-refractivity contribution in [2.75, 3.05) is 0 Å². The summed E-state index contributed by atoms with van der Waals surface area (Å²) < 4.78 is 0. The lowest BCUT2D eigenvalue weighted by Gasteiger charge is -2.27. The number of hydrogen-bond donors (Lipinski definition) is 0. The summed E-state index contributed by atoms with van der Waals surface area (Å²) in [4.78, 5) is 0. The predicted octanol–water partition coefficient (Wildman–Crippen LogP) is 4.39. The van der Waals surface area contributed by atoms with Crippen LogP contribution in [0.2, 0.25) is 0 Å². The monoisotopic (exact) mass is 194 g/mol. The van der Waals surface area contributed by atoms with E-state index in [0.29, 0.717) is 23.7 Å². The molecule has 2 atom stereocenters. The maximum absolute atomic E-state index is 4.05. The van der Waals surface area contributed by atoms with Crippen molar-refractivity contribution in [1.29, 1.82) is 0 Å². The Hall–Kier alpha value is -0.260. The van der Waals surface area contributed by atoms with Gasteiger partial charge < -0.3 is 0 Å². The van der Waals surface area contributed by atoms with Crippen molar-refractivity contribution in [3.05, 3.63) is 27.7 Å². The maximum Gasteiger partial charge on any atom is 0.0335 e. The maximum atomic E-state index is 4.05. The van der Waals surface area contributed by atoms with Gasteiger partial charge in [-0.25, -0.2) is 0 Å². The molecule has 0 aromatic heterocycles. The number of rotatable bonds is 7. The van der Waals surface area contributed by atoms with E-state index in [1.165, 1.54) is 25.7 Å². The molecule has 0 aliphatic heterocycles. The Labute approximate surface area is 91.5 Å². The first-order valence-electron chi connectivity index (χ1n) is 5.85. The Kier molecular flexibility index (Phi) is 6.96. The van der Waals surface area contributed by atoms with E-state index in [9.17, 15) is 0 Å². The third-order valence-corrected chi connectivity index (χ3v) is 3.12. The third-order valence-electron chi connectivity index (χ3n) is 3.12. The molecule has 2 unspecified atom stereocenters. The second-order valence-electron chi connectivity index (χ2n) is 4.47. The molecular formula is C14H26. The lowest BCUT2D eigenvalue weighted by Crippen LogP contribution is -2.18. The second kappa shape index (κ2) is 7.09. The predicted molar refractivity (Wildman–Crippen MR) is 65.2 cm³/mol. The van der Waals surface area contributed by atoms with Crippen LogP contribution < -0.4 is 0 Å². The normalized spacial score (nSPS) is 20.0. The molecule has 0 nitrogen and oxygen atoms in total. The van der Waals surface area contributed by atoms with Gasteiger partial charge in [0.15, 0.2) is 0 Å². The Balaban J connectivity index is 4.11. The van der Waals surface area contributed by atoms with E-state index in [4.69, 9.17) is 0 Å². The van der Waals surface area contributed by atoms with Gasteiger partial charge in [0.1, 0.15) is 0 Å². The average molecular weight is 194 g/mol. The van der Waals surface area contributed by atoms with Crippen LogP contribution in [0, 0.1) is 51.4 Å². The van der Waals surface area contributed by atoms with Crippen LogP contribution in [0.15, 0.2) is 0 Å². The Bertz CT molecular complexity index is 124. The molecule has 0 bridgehead atoms. The van der Waals surface area contributed by atoms with Crippen molar-refractivity contribution in [3.8, 4) is 0 Å². The zero-order chi connectivity index (χ0) is 11.1. The molecule has 0 heterocycles. The topological polar surface area (TPSA) is 0 Å². The van der Waals surface area contributed by atoms with E-state index >= 15 is 0 Å². The zero-order valence-electron chi connectivity index (χ0n) is 9.97. The standard InChI is InChI=1S/C14H26/c1-7-9-14(12(5)6)10-13(8-2)11(3)4/h11-14H,3-10H2,1-2H3. The Morgan fingerprint density at radius 3 is 1.79 bits per heavy atom. The van der Waals surface area contributed by atoms with Crippen LogP contribution in [0.3, 0.4) is 0 Å². The Morgan fingerprint density at radius 2 is 1.50 bits per heavy atom. The van der Waals surface area contributed by atoms with Gasteiger partial charge in [0.2, 0.25) is 0 Å². The molecule has 0 rings (SSSR count). The molecule has 0 N–H and O–H groups in total. The first-order valence-corrected chi connectivity index (χ1v) is 5.85. The smallest absolute Gasteiger partial charge is 0.0335 e. The SMILES string of the molecule is [CH2+]C([CH2-])C(CC)CC(CCC)C([CH2+])[CH2-]. The van der Waals surface area contributed by atoms with Crippen LogP contribution in [-0.2, 0) is 0 Å². The van der Waals surface area contributed by atoms with Crippen LogP contribution in [0.4, 0.5) is 0 Å². The summed E-state index contributed by atoms with van der Waals surface area (Å²) in [5.74, 6) is 1.90.